The minimum Gasteiger partial charge on any atom is -0.339 e. The van der Waals surface area contributed by atoms with Crippen LogP contribution in [0.25, 0.3) is 0 Å². The number of pyridine rings is 1. The molecule has 2 N–H and O–H groups in total. The number of halogens is 2. The van der Waals surface area contributed by atoms with E-state index >= 15 is 0 Å². The lowest BCUT2D eigenvalue weighted by atomic mass is 9.77. The SMILES string of the molecule is Cc1cccc(C(=O)N2CCC3(CCNC3)CC2)c1NC(=O)c1ccncc1.Cl.Cl. The van der Waals surface area contributed by atoms with Crippen LogP contribution in [-0.2, 0) is 0 Å². The molecule has 0 radical (unpaired) electrons. The van der Waals surface area contributed by atoms with Gasteiger partial charge in [0.15, 0.2) is 0 Å². The highest BCUT2D eigenvalue weighted by Crippen LogP contribution is 2.37. The van der Waals surface area contributed by atoms with E-state index in [1.807, 2.05) is 24.0 Å². The fourth-order valence-electron chi connectivity index (χ4n) is 4.28. The van der Waals surface area contributed by atoms with Crippen molar-refractivity contribution in [2.75, 3.05) is 31.5 Å². The number of rotatable bonds is 3. The minimum absolute atomic E-state index is 0. The van der Waals surface area contributed by atoms with Crippen molar-refractivity contribution in [2.45, 2.75) is 26.2 Å². The second kappa shape index (κ2) is 10.2. The van der Waals surface area contributed by atoms with Gasteiger partial charge in [-0.1, -0.05) is 12.1 Å². The number of hydrogen-bond donors (Lipinski definition) is 2. The van der Waals surface area contributed by atoms with Gasteiger partial charge < -0.3 is 15.5 Å². The number of aromatic nitrogens is 1. The van der Waals surface area contributed by atoms with E-state index < -0.39 is 0 Å². The molecule has 0 unspecified atom stereocenters. The molecule has 162 valence electrons. The van der Waals surface area contributed by atoms with E-state index in [0.29, 0.717) is 22.2 Å². The fourth-order valence-corrected chi connectivity index (χ4v) is 4.28. The van der Waals surface area contributed by atoms with Crippen LogP contribution in [0.3, 0.4) is 0 Å². The number of aryl methyl sites for hydroxylation is 1. The summed E-state index contributed by atoms with van der Waals surface area (Å²) in [5.74, 6) is -0.241. The first-order valence-electron chi connectivity index (χ1n) is 9.89. The molecular weight excluding hydrogens is 423 g/mol. The monoisotopic (exact) mass is 450 g/mol. The van der Waals surface area contributed by atoms with Gasteiger partial charge in [0.2, 0.25) is 0 Å². The molecule has 0 saturated carbocycles. The van der Waals surface area contributed by atoms with Crippen molar-refractivity contribution in [3.05, 3.63) is 59.4 Å². The van der Waals surface area contributed by atoms with Crippen LogP contribution in [0.4, 0.5) is 5.69 Å². The predicted octanol–water partition coefficient (Wildman–Crippen LogP) is 3.70. The van der Waals surface area contributed by atoms with Crippen molar-refractivity contribution in [1.82, 2.24) is 15.2 Å². The highest BCUT2D eigenvalue weighted by atomic mass is 35.5. The van der Waals surface area contributed by atoms with Crippen molar-refractivity contribution >= 4 is 42.3 Å². The number of hydrogen-bond acceptors (Lipinski definition) is 4. The molecule has 3 heterocycles. The molecule has 2 aliphatic rings. The van der Waals surface area contributed by atoms with Crippen molar-refractivity contribution in [3.63, 3.8) is 0 Å². The smallest absolute Gasteiger partial charge is 0.255 e. The third-order valence-electron chi connectivity index (χ3n) is 6.13. The number of benzene rings is 1. The van der Waals surface area contributed by atoms with E-state index in [0.717, 1.165) is 44.6 Å². The molecule has 1 spiro atoms. The van der Waals surface area contributed by atoms with E-state index in [9.17, 15) is 9.59 Å². The topological polar surface area (TPSA) is 74.3 Å². The number of piperidine rings is 1. The van der Waals surface area contributed by atoms with Gasteiger partial charge in [-0.05, 0) is 61.9 Å². The first-order valence-corrected chi connectivity index (χ1v) is 9.89. The molecule has 2 aromatic rings. The molecule has 1 aromatic carbocycles. The Kier molecular flexibility index (Phi) is 8.24. The summed E-state index contributed by atoms with van der Waals surface area (Å²) in [7, 11) is 0. The lowest BCUT2D eigenvalue weighted by Gasteiger charge is -2.39. The first kappa shape index (κ1) is 24.1. The highest BCUT2D eigenvalue weighted by Gasteiger charge is 2.38. The fraction of sp³-hybridized carbons (Fsp3) is 0.409. The quantitative estimate of drug-likeness (QED) is 0.747. The van der Waals surface area contributed by atoms with Crippen LogP contribution in [0.2, 0.25) is 0 Å². The van der Waals surface area contributed by atoms with E-state index in [1.165, 1.54) is 6.42 Å². The number of amides is 2. The van der Waals surface area contributed by atoms with Gasteiger partial charge >= 0.3 is 0 Å². The van der Waals surface area contributed by atoms with Crippen LogP contribution in [0.15, 0.2) is 42.7 Å². The molecular formula is C22H28Cl2N4O2. The standard InChI is InChI=1S/C22H26N4O2.2ClH/c1-16-3-2-4-18(19(16)25-20(27)17-5-10-23-11-6-17)21(28)26-13-8-22(9-14-26)7-12-24-15-22;;/h2-6,10-11,24H,7-9,12-15H2,1H3,(H,25,27);2*1H. The van der Waals surface area contributed by atoms with E-state index in [1.54, 1.807) is 30.6 Å². The average Bonchev–Trinajstić information content (AvgIpc) is 3.18. The Morgan fingerprint density at radius 3 is 2.40 bits per heavy atom. The molecule has 4 rings (SSSR count). The molecule has 1 aromatic heterocycles. The van der Waals surface area contributed by atoms with Crippen molar-refractivity contribution in [1.29, 1.82) is 0 Å². The van der Waals surface area contributed by atoms with Crippen molar-refractivity contribution < 1.29 is 9.59 Å². The first-order chi connectivity index (χ1) is 13.6. The van der Waals surface area contributed by atoms with Gasteiger partial charge in [-0.15, -0.1) is 24.8 Å². The molecule has 2 aliphatic heterocycles. The van der Waals surface area contributed by atoms with Gasteiger partial charge in [0.1, 0.15) is 0 Å². The summed E-state index contributed by atoms with van der Waals surface area (Å²) in [6, 6.07) is 8.91. The van der Waals surface area contributed by atoms with Crippen LogP contribution in [0.5, 0.6) is 0 Å². The number of nitrogens with one attached hydrogen (secondary N) is 2. The van der Waals surface area contributed by atoms with Gasteiger partial charge in [0.05, 0.1) is 11.3 Å². The Morgan fingerprint density at radius 2 is 1.77 bits per heavy atom. The lowest BCUT2D eigenvalue weighted by molar-refractivity contribution is 0.0608. The van der Waals surface area contributed by atoms with Gasteiger partial charge in [0, 0.05) is 37.6 Å². The van der Waals surface area contributed by atoms with E-state index in [4.69, 9.17) is 0 Å². The Labute approximate surface area is 189 Å². The molecule has 0 bridgehead atoms. The van der Waals surface area contributed by atoms with E-state index in [-0.39, 0.29) is 36.6 Å². The third kappa shape index (κ3) is 4.94. The maximum absolute atomic E-state index is 13.2. The zero-order valence-electron chi connectivity index (χ0n) is 17.0. The number of carbonyl (C=O) groups is 2. The predicted molar refractivity (Wildman–Crippen MR) is 123 cm³/mol. The van der Waals surface area contributed by atoms with Crippen LogP contribution in [-0.4, -0.2) is 47.9 Å². The summed E-state index contributed by atoms with van der Waals surface area (Å²) < 4.78 is 0. The molecule has 0 aliphatic carbocycles. The Bertz CT molecular complexity index is 876. The molecule has 6 nitrogen and oxygen atoms in total. The molecule has 2 fully saturated rings. The van der Waals surface area contributed by atoms with Crippen LogP contribution >= 0.6 is 24.8 Å². The molecule has 0 atom stereocenters. The van der Waals surface area contributed by atoms with Gasteiger partial charge in [0.25, 0.3) is 11.8 Å². The number of anilines is 1. The van der Waals surface area contributed by atoms with Gasteiger partial charge in [-0.25, -0.2) is 0 Å². The summed E-state index contributed by atoms with van der Waals surface area (Å²) in [4.78, 5) is 31.7. The normalized spacial score (nSPS) is 17.0. The van der Waals surface area contributed by atoms with Crippen molar-refractivity contribution in [3.8, 4) is 0 Å². The van der Waals surface area contributed by atoms with Gasteiger partial charge in [-0.3, -0.25) is 14.6 Å². The van der Waals surface area contributed by atoms with Crippen LogP contribution < -0.4 is 10.6 Å². The zero-order chi connectivity index (χ0) is 19.6. The maximum atomic E-state index is 13.2. The number of carbonyl (C=O) groups excluding carboxylic acids is 2. The number of likely N-dealkylation sites (tertiary alicyclic amines) is 1. The molecule has 8 heteroatoms. The average molecular weight is 451 g/mol. The summed E-state index contributed by atoms with van der Waals surface area (Å²) >= 11 is 0. The molecule has 30 heavy (non-hydrogen) atoms. The molecule has 2 amide bonds. The summed E-state index contributed by atoms with van der Waals surface area (Å²) in [5.41, 5.74) is 2.91. The summed E-state index contributed by atoms with van der Waals surface area (Å²) in [5, 5.41) is 6.40. The number of para-hydroxylation sites is 1. The molecule has 2 saturated heterocycles. The largest absolute Gasteiger partial charge is 0.339 e. The second-order valence-corrected chi connectivity index (χ2v) is 7.91. The Balaban J connectivity index is 0.00000160. The Morgan fingerprint density at radius 1 is 1.07 bits per heavy atom. The summed E-state index contributed by atoms with van der Waals surface area (Å²) in [6.45, 7) is 5.59. The summed E-state index contributed by atoms with van der Waals surface area (Å²) in [6.07, 6.45) is 6.44. The highest BCUT2D eigenvalue weighted by molar-refractivity contribution is 6.09. The number of nitrogens with zero attached hydrogens (tertiary/aromatic N) is 2. The maximum Gasteiger partial charge on any atom is 0.255 e. The van der Waals surface area contributed by atoms with Gasteiger partial charge in [-0.2, -0.15) is 0 Å². The van der Waals surface area contributed by atoms with Crippen LogP contribution in [0, 0.1) is 12.3 Å². The third-order valence-corrected chi connectivity index (χ3v) is 6.13. The minimum atomic E-state index is -0.236. The van der Waals surface area contributed by atoms with Crippen molar-refractivity contribution in [2.24, 2.45) is 5.41 Å². The lowest BCUT2D eigenvalue weighted by Crippen LogP contribution is -2.44. The van der Waals surface area contributed by atoms with Crippen LogP contribution in [0.1, 0.15) is 45.5 Å². The zero-order valence-corrected chi connectivity index (χ0v) is 18.7. The van der Waals surface area contributed by atoms with E-state index in [2.05, 4.69) is 15.6 Å². The second-order valence-electron chi connectivity index (χ2n) is 7.91. The Hall–Kier alpha value is -2.15.